The number of amides is 2. The molecule has 1 aliphatic carbocycles. The lowest BCUT2D eigenvalue weighted by Gasteiger charge is -2.27. The molecule has 0 unspecified atom stereocenters. The number of benzene rings is 1. The molecule has 2 amide bonds. The van der Waals surface area contributed by atoms with Gasteiger partial charge in [0.05, 0.1) is 23.4 Å². The van der Waals surface area contributed by atoms with Crippen LogP contribution in [0.3, 0.4) is 0 Å². The van der Waals surface area contributed by atoms with E-state index in [2.05, 4.69) is 24.1 Å². The van der Waals surface area contributed by atoms with Crippen molar-refractivity contribution < 1.29 is 19.1 Å². The van der Waals surface area contributed by atoms with E-state index in [4.69, 9.17) is 14.6 Å². The first-order chi connectivity index (χ1) is 16.7. The van der Waals surface area contributed by atoms with Crippen LogP contribution in [-0.4, -0.2) is 76.5 Å². The average Bonchev–Trinajstić information content (AvgIpc) is 3.07. The maximum atomic E-state index is 13.3. The number of ether oxygens (including phenoxy) is 2. The van der Waals surface area contributed by atoms with Crippen molar-refractivity contribution >= 4 is 32.9 Å². The third kappa shape index (κ3) is 5.99. The van der Waals surface area contributed by atoms with Crippen molar-refractivity contribution in [3.8, 4) is 0 Å². The molecule has 4 rings (SSSR count). The summed E-state index contributed by atoms with van der Waals surface area (Å²) in [4.78, 5) is 27.4. The van der Waals surface area contributed by atoms with E-state index in [9.17, 15) is 9.59 Å². The highest BCUT2D eigenvalue weighted by Crippen LogP contribution is 2.52. The predicted molar refractivity (Wildman–Crippen MR) is 145 cm³/mol. The summed E-state index contributed by atoms with van der Waals surface area (Å²) in [6.07, 6.45) is 6.56. The number of fused-ring (bicyclic) bond motifs is 2. The highest BCUT2D eigenvalue weighted by Gasteiger charge is 2.61. The molecular weight excluding hydrogens is 476 g/mol. The van der Waals surface area contributed by atoms with Gasteiger partial charge in [0.1, 0.15) is 12.3 Å². The summed E-state index contributed by atoms with van der Waals surface area (Å²) in [5, 5.41) is 9.15. The number of hydrogen-bond acceptors (Lipinski definition) is 5. The molecular formula is C27H42N4O4S. The Hall–Kier alpha value is -2.26. The molecule has 36 heavy (non-hydrogen) atoms. The smallest absolute Gasteiger partial charge is 0.410 e. The standard InChI is InChI=1S/C27H42N4O4S/c1-26(2,3)35-25(33)30-15-19-20(16-30)22(19)24(32)28-27(4,5)23-18-11-9-10-12-21(18)31(29-23)17-34-13-14-36(6,7)8/h9-12,19-20,22H,13-17H2,1-8H3,(H,28,32)/t19-,20+,22+. The molecule has 1 aromatic heterocycles. The number of carbonyl (C=O) groups excluding carboxylic acids is 2. The van der Waals surface area contributed by atoms with Gasteiger partial charge in [-0.2, -0.15) is 5.10 Å². The van der Waals surface area contributed by atoms with E-state index in [0.29, 0.717) is 26.4 Å². The quantitative estimate of drug-likeness (QED) is 0.530. The fourth-order valence-electron chi connectivity index (χ4n) is 4.99. The van der Waals surface area contributed by atoms with E-state index in [0.717, 1.165) is 22.3 Å². The van der Waals surface area contributed by atoms with Crippen molar-refractivity contribution in [1.29, 1.82) is 0 Å². The lowest BCUT2D eigenvalue weighted by atomic mass is 9.96. The van der Waals surface area contributed by atoms with E-state index < -0.39 is 21.2 Å². The van der Waals surface area contributed by atoms with E-state index in [1.165, 1.54) is 0 Å². The summed E-state index contributed by atoms with van der Waals surface area (Å²) in [5.74, 6) is 1.40. The summed E-state index contributed by atoms with van der Waals surface area (Å²) in [7, 11) is -0.609. The predicted octanol–water partition coefficient (Wildman–Crippen LogP) is 4.17. The number of hydrogen-bond donors (Lipinski definition) is 1. The Bertz CT molecular complexity index is 1120. The molecule has 2 heterocycles. The molecule has 0 spiro atoms. The normalized spacial score (nSPS) is 22.4. The van der Waals surface area contributed by atoms with Gasteiger partial charge in [0.15, 0.2) is 0 Å². The van der Waals surface area contributed by atoms with E-state index in [-0.39, 0.29) is 29.8 Å². The number of rotatable bonds is 8. The van der Waals surface area contributed by atoms with Gasteiger partial charge in [0.2, 0.25) is 5.91 Å². The third-order valence-corrected chi connectivity index (χ3v) is 8.28. The van der Waals surface area contributed by atoms with Crippen LogP contribution in [0.5, 0.6) is 0 Å². The molecule has 2 fully saturated rings. The zero-order chi connectivity index (χ0) is 26.5. The Morgan fingerprint density at radius 2 is 1.72 bits per heavy atom. The van der Waals surface area contributed by atoms with Crippen LogP contribution in [0.1, 0.15) is 40.3 Å². The van der Waals surface area contributed by atoms with Gasteiger partial charge in [-0.3, -0.25) is 4.79 Å². The van der Waals surface area contributed by atoms with Gasteiger partial charge in [-0.25, -0.2) is 19.5 Å². The van der Waals surface area contributed by atoms with Gasteiger partial charge in [-0.05, 0) is 71.3 Å². The number of para-hydroxylation sites is 1. The number of nitrogens with one attached hydrogen (secondary N) is 1. The highest BCUT2D eigenvalue weighted by atomic mass is 32.3. The third-order valence-electron chi connectivity index (χ3n) is 6.89. The molecule has 3 atom stereocenters. The summed E-state index contributed by atoms with van der Waals surface area (Å²) >= 11 is 0. The molecule has 0 radical (unpaired) electrons. The minimum Gasteiger partial charge on any atom is -0.444 e. The monoisotopic (exact) mass is 518 g/mol. The van der Waals surface area contributed by atoms with Gasteiger partial charge < -0.3 is 19.7 Å². The van der Waals surface area contributed by atoms with Crippen LogP contribution in [-0.2, 0) is 26.5 Å². The SMILES string of the molecule is CC(C)(C)OC(=O)N1C[C@@H]2[C@H](C1)[C@H]2C(=O)NC(C)(C)c1nn(COCCS(C)(C)C)c2ccccc12. The highest BCUT2D eigenvalue weighted by molar-refractivity contribution is 8.32. The van der Waals surface area contributed by atoms with Crippen molar-refractivity contribution in [2.75, 3.05) is 44.2 Å². The molecule has 2 aliphatic rings. The van der Waals surface area contributed by atoms with Gasteiger partial charge in [-0.1, -0.05) is 18.2 Å². The molecule has 0 bridgehead atoms. The molecule has 200 valence electrons. The van der Waals surface area contributed by atoms with Crippen LogP contribution in [0.15, 0.2) is 24.3 Å². The lowest BCUT2D eigenvalue weighted by molar-refractivity contribution is -0.125. The average molecular weight is 519 g/mol. The summed E-state index contributed by atoms with van der Waals surface area (Å²) in [6.45, 7) is 11.8. The Labute approximate surface area is 216 Å². The van der Waals surface area contributed by atoms with Gasteiger partial charge in [-0.15, -0.1) is 0 Å². The number of aromatic nitrogens is 2. The number of likely N-dealkylation sites (tertiary alicyclic amines) is 1. The van der Waals surface area contributed by atoms with Gasteiger partial charge >= 0.3 is 6.09 Å². The second-order valence-corrected chi connectivity index (χ2v) is 17.1. The lowest BCUT2D eigenvalue weighted by Crippen LogP contribution is -2.44. The van der Waals surface area contributed by atoms with Crippen molar-refractivity contribution in [1.82, 2.24) is 20.0 Å². The van der Waals surface area contributed by atoms with Crippen molar-refractivity contribution in [3.05, 3.63) is 30.0 Å². The zero-order valence-electron chi connectivity index (χ0n) is 23.0. The van der Waals surface area contributed by atoms with Crippen molar-refractivity contribution in [2.24, 2.45) is 17.8 Å². The Kier molecular flexibility index (Phi) is 7.11. The van der Waals surface area contributed by atoms with E-state index in [1.54, 1.807) is 4.90 Å². The summed E-state index contributed by atoms with van der Waals surface area (Å²) in [5.41, 5.74) is 0.654. The van der Waals surface area contributed by atoms with E-state index in [1.807, 2.05) is 63.6 Å². The second-order valence-electron chi connectivity index (χ2n) is 12.6. The van der Waals surface area contributed by atoms with Crippen LogP contribution in [0.4, 0.5) is 4.79 Å². The molecule has 1 saturated carbocycles. The fourth-order valence-corrected chi connectivity index (χ4v) is 5.61. The van der Waals surface area contributed by atoms with E-state index >= 15 is 0 Å². The Morgan fingerprint density at radius 1 is 1.08 bits per heavy atom. The number of piperidine rings is 1. The van der Waals surface area contributed by atoms with Gasteiger partial charge in [0, 0.05) is 30.1 Å². The van der Waals surface area contributed by atoms with Crippen LogP contribution >= 0.6 is 10.0 Å². The Morgan fingerprint density at radius 3 is 2.33 bits per heavy atom. The first-order valence-corrected chi connectivity index (χ1v) is 15.7. The molecule has 8 nitrogen and oxygen atoms in total. The summed E-state index contributed by atoms with van der Waals surface area (Å²) in [6, 6.07) is 8.08. The van der Waals surface area contributed by atoms with Crippen LogP contribution in [0.25, 0.3) is 10.9 Å². The molecule has 1 aliphatic heterocycles. The maximum Gasteiger partial charge on any atom is 0.410 e. The second kappa shape index (κ2) is 9.56. The maximum absolute atomic E-state index is 13.3. The summed E-state index contributed by atoms with van der Waals surface area (Å²) < 4.78 is 13.3. The molecule has 9 heteroatoms. The largest absolute Gasteiger partial charge is 0.444 e. The van der Waals surface area contributed by atoms with Gasteiger partial charge in [0.25, 0.3) is 0 Å². The number of nitrogens with zero attached hydrogens (tertiary/aromatic N) is 3. The molecule has 1 saturated heterocycles. The van der Waals surface area contributed by atoms with Crippen LogP contribution in [0.2, 0.25) is 0 Å². The first kappa shape index (κ1) is 26.8. The minimum atomic E-state index is -0.654. The fraction of sp³-hybridized carbons (Fsp3) is 0.667. The minimum absolute atomic E-state index is 0.0295. The van der Waals surface area contributed by atoms with Crippen molar-refractivity contribution in [3.63, 3.8) is 0 Å². The zero-order valence-corrected chi connectivity index (χ0v) is 23.8. The molecule has 2 aromatic rings. The first-order valence-electron chi connectivity index (χ1n) is 12.7. The number of carbonyl (C=O) groups is 2. The Balaban J connectivity index is 1.39. The molecule has 1 aromatic carbocycles. The van der Waals surface area contributed by atoms with Crippen LogP contribution < -0.4 is 5.32 Å². The molecule has 1 N–H and O–H groups in total. The van der Waals surface area contributed by atoms with Crippen molar-refractivity contribution in [2.45, 2.75) is 52.5 Å². The topological polar surface area (TPSA) is 85.7 Å². The van der Waals surface area contributed by atoms with Crippen LogP contribution in [0, 0.1) is 17.8 Å².